The highest BCUT2D eigenvalue weighted by molar-refractivity contribution is 5.76. The molecule has 4 aliphatic carbocycles. The van der Waals surface area contributed by atoms with Crippen molar-refractivity contribution >= 4 is 17.8 Å². The quantitative estimate of drug-likeness (QED) is 0.0406. The zero-order chi connectivity index (χ0) is 46.5. The third kappa shape index (κ3) is 16.7. The number of hydrogen-bond donors (Lipinski definition) is 0. The Morgan fingerprint density at radius 3 is 2.06 bits per heavy atom. The Hall–Kier alpha value is -2.41. The van der Waals surface area contributed by atoms with Crippen LogP contribution < -0.4 is 0 Å². The maximum absolute atomic E-state index is 13.2. The Bertz CT molecular complexity index is 1480. The van der Waals surface area contributed by atoms with Crippen molar-refractivity contribution in [1.82, 2.24) is 9.80 Å². The molecule has 366 valence electrons. The normalized spacial score (nSPS) is 27.6. The van der Waals surface area contributed by atoms with Crippen molar-refractivity contribution in [2.24, 2.45) is 52.3 Å². The summed E-state index contributed by atoms with van der Waals surface area (Å²) in [5, 5.41) is 0. The molecule has 9 unspecified atom stereocenters. The molecule has 0 aromatic rings. The van der Waals surface area contributed by atoms with Gasteiger partial charge in [0.15, 0.2) is 0 Å². The first kappa shape index (κ1) is 54.2. The summed E-state index contributed by atoms with van der Waals surface area (Å²) in [6, 6.07) is 0. The lowest BCUT2D eigenvalue weighted by atomic mass is 9.47. The SMILES string of the molecule is CCCCCC/C=C/COC(=O)CCCCCCN(CCCCCCC(=O)OC1CCC2(C)C(CC=C3C2CCC2(C)C3CCC2C(C)/C=C/C(C)C(C)C)C1)C(=O)CCCN(C)C. The van der Waals surface area contributed by atoms with Crippen molar-refractivity contribution in [1.29, 1.82) is 0 Å². The van der Waals surface area contributed by atoms with Gasteiger partial charge in [-0.1, -0.05) is 129 Å². The van der Waals surface area contributed by atoms with Gasteiger partial charge < -0.3 is 19.3 Å². The van der Waals surface area contributed by atoms with Crippen LogP contribution in [-0.4, -0.2) is 74.1 Å². The first-order valence-corrected chi connectivity index (χ1v) is 27.0. The fourth-order valence-corrected chi connectivity index (χ4v) is 12.4. The molecule has 0 saturated heterocycles. The van der Waals surface area contributed by atoms with Crippen molar-refractivity contribution in [3.05, 3.63) is 36.0 Å². The lowest BCUT2D eigenvalue weighted by Gasteiger charge is -2.58. The highest BCUT2D eigenvalue weighted by atomic mass is 16.5. The van der Waals surface area contributed by atoms with Gasteiger partial charge in [0.05, 0.1) is 0 Å². The summed E-state index contributed by atoms with van der Waals surface area (Å²) in [7, 11) is 4.11. The van der Waals surface area contributed by atoms with Gasteiger partial charge in [0.2, 0.25) is 5.91 Å². The Morgan fingerprint density at radius 2 is 1.38 bits per heavy atom. The van der Waals surface area contributed by atoms with Crippen molar-refractivity contribution in [3.8, 4) is 0 Å². The van der Waals surface area contributed by atoms with E-state index in [0.29, 0.717) is 66.3 Å². The summed E-state index contributed by atoms with van der Waals surface area (Å²) in [5.41, 5.74) is 2.55. The number of unbranched alkanes of at least 4 members (excludes halogenated alkanes) is 10. The van der Waals surface area contributed by atoms with Crippen LogP contribution in [0.2, 0.25) is 0 Å². The van der Waals surface area contributed by atoms with E-state index in [1.165, 1.54) is 57.8 Å². The van der Waals surface area contributed by atoms with E-state index in [0.717, 1.165) is 115 Å². The lowest BCUT2D eigenvalue weighted by molar-refractivity contribution is -0.155. The molecule has 0 N–H and O–H groups in total. The molecule has 0 heterocycles. The highest BCUT2D eigenvalue weighted by Gasteiger charge is 2.58. The summed E-state index contributed by atoms with van der Waals surface area (Å²) < 4.78 is 11.6. The molecule has 0 aromatic heterocycles. The minimum atomic E-state index is -0.118. The molecule has 7 heteroatoms. The molecule has 0 bridgehead atoms. The number of carbonyl (C=O) groups excluding carboxylic acids is 3. The number of allylic oxidation sites excluding steroid dienone is 5. The zero-order valence-corrected chi connectivity index (χ0v) is 42.9. The second-order valence-electron chi connectivity index (χ2n) is 22.3. The molecular weight excluding hydrogens is 793 g/mol. The number of ether oxygens (including phenoxy) is 2. The average molecular weight is 891 g/mol. The van der Waals surface area contributed by atoms with Gasteiger partial charge in [0.25, 0.3) is 0 Å². The average Bonchev–Trinajstić information content (AvgIpc) is 3.62. The molecule has 4 rings (SSSR count). The molecule has 7 nitrogen and oxygen atoms in total. The second kappa shape index (κ2) is 28.0. The van der Waals surface area contributed by atoms with Gasteiger partial charge in [-0.3, -0.25) is 14.4 Å². The second-order valence-corrected chi connectivity index (χ2v) is 22.3. The van der Waals surface area contributed by atoms with Crippen LogP contribution in [0, 0.1) is 52.3 Å². The highest BCUT2D eigenvalue weighted by Crippen LogP contribution is 2.67. The van der Waals surface area contributed by atoms with Gasteiger partial charge in [-0.15, -0.1) is 0 Å². The van der Waals surface area contributed by atoms with E-state index in [1.54, 1.807) is 0 Å². The number of rotatable bonds is 30. The van der Waals surface area contributed by atoms with Gasteiger partial charge in [0, 0.05) is 32.4 Å². The van der Waals surface area contributed by atoms with Gasteiger partial charge in [-0.25, -0.2) is 0 Å². The van der Waals surface area contributed by atoms with E-state index < -0.39 is 0 Å². The molecule has 64 heavy (non-hydrogen) atoms. The van der Waals surface area contributed by atoms with Crippen molar-refractivity contribution < 1.29 is 23.9 Å². The van der Waals surface area contributed by atoms with Gasteiger partial charge in [-0.05, 0) is 169 Å². The monoisotopic (exact) mass is 891 g/mol. The molecule has 3 fully saturated rings. The van der Waals surface area contributed by atoms with Crippen molar-refractivity contribution in [2.75, 3.05) is 40.3 Å². The molecule has 0 aliphatic heterocycles. The summed E-state index contributed by atoms with van der Waals surface area (Å²) in [4.78, 5) is 42.7. The standard InChI is InChI=1S/C57H98N2O5/c1-10-11-12-13-14-19-24-42-63-54(61)27-20-15-17-22-40-59(53(60)26-25-39-58(8)9)41-23-18-16-21-28-55(62)64-48-35-37-56(6)47(43-48)31-32-49-51-34-33-50(57(51,7)38-36-52(49)56)46(5)30-29-45(4)44(2)3/h19,24,29-30,32,44-48,50-52H,10-18,20-23,25-28,31,33-43H2,1-9H3/b24-19+,30-29+. The van der Waals surface area contributed by atoms with E-state index in [2.05, 4.69) is 96.7 Å². The Kier molecular flexibility index (Phi) is 23.7. The van der Waals surface area contributed by atoms with Crippen LogP contribution in [0.4, 0.5) is 0 Å². The van der Waals surface area contributed by atoms with E-state index in [4.69, 9.17) is 9.47 Å². The minimum Gasteiger partial charge on any atom is -0.462 e. The third-order valence-corrected chi connectivity index (χ3v) is 17.0. The van der Waals surface area contributed by atoms with E-state index in [1.807, 2.05) is 11.6 Å². The van der Waals surface area contributed by atoms with Crippen LogP contribution in [0.3, 0.4) is 0 Å². The molecule has 3 saturated carbocycles. The van der Waals surface area contributed by atoms with E-state index >= 15 is 0 Å². The minimum absolute atomic E-state index is 0.0204. The first-order valence-electron chi connectivity index (χ1n) is 27.0. The smallest absolute Gasteiger partial charge is 0.306 e. The summed E-state index contributed by atoms with van der Waals surface area (Å²) in [5.74, 6) is 4.89. The molecule has 0 spiro atoms. The van der Waals surface area contributed by atoms with Crippen molar-refractivity contribution in [2.45, 2.75) is 215 Å². The van der Waals surface area contributed by atoms with Crippen molar-refractivity contribution in [3.63, 3.8) is 0 Å². The van der Waals surface area contributed by atoms with Crippen LogP contribution in [0.25, 0.3) is 0 Å². The maximum Gasteiger partial charge on any atom is 0.306 e. The van der Waals surface area contributed by atoms with Gasteiger partial charge in [-0.2, -0.15) is 0 Å². The number of hydrogen-bond acceptors (Lipinski definition) is 6. The Balaban J connectivity index is 1.12. The summed E-state index contributed by atoms with van der Waals surface area (Å²) in [6.07, 6.45) is 37.7. The molecule has 9 atom stereocenters. The topological polar surface area (TPSA) is 76.1 Å². The van der Waals surface area contributed by atoms with Gasteiger partial charge >= 0.3 is 11.9 Å². The number of amides is 1. The van der Waals surface area contributed by atoms with Crippen LogP contribution in [0.15, 0.2) is 36.0 Å². The first-order chi connectivity index (χ1) is 30.7. The van der Waals surface area contributed by atoms with Gasteiger partial charge in [0.1, 0.15) is 12.7 Å². The van der Waals surface area contributed by atoms with Crippen LogP contribution in [-0.2, 0) is 23.9 Å². The number of nitrogens with zero attached hydrogens (tertiary/aromatic N) is 2. The molecule has 0 aromatic carbocycles. The van der Waals surface area contributed by atoms with E-state index in [9.17, 15) is 14.4 Å². The fraction of sp³-hybridized carbons (Fsp3) is 0.842. The predicted octanol–water partition coefficient (Wildman–Crippen LogP) is 14.1. The maximum atomic E-state index is 13.2. The van der Waals surface area contributed by atoms with E-state index in [-0.39, 0.29) is 23.9 Å². The largest absolute Gasteiger partial charge is 0.462 e. The summed E-state index contributed by atoms with van der Waals surface area (Å²) in [6.45, 7) is 19.8. The molecular formula is C57H98N2O5. The number of fused-ring (bicyclic) bond motifs is 5. The summed E-state index contributed by atoms with van der Waals surface area (Å²) >= 11 is 0. The zero-order valence-electron chi connectivity index (χ0n) is 42.9. The number of carbonyl (C=O) groups is 3. The fourth-order valence-electron chi connectivity index (χ4n) is 12.4. The lowest BCUT2D eigenvalue weighted by Crippen LogP contribution is -2.50. The molecule has 0 radical (unpaired) electrons. The third-order valence-electron chi connectivity index (χ3n) is 17.0. The molecule has 4 aliphatic rings. The predicted molar refractivity (Wildman–Crippen MR) is 267 cm³/mol. The Morgan fingerprint density at radius 1 is 0.719 bits per heavy atom. The van der Waals surface area contributed by atoms with Crippen LogP contribution >= 0.6 is 0 Å². The Labute approximate surface area is 393 Å². The number of esters is 2. The van der Waals surface area contributed by atoms with Crippen LogP contribution in [0.1, 0.15) is 209 Å². The van der Waals surface area contributed by atoms with Crippen LogP contribution in [0.5, 0.6) is 0 Å². The molecule has 1 amide bonds.